The van der Waals surface area contributed by atoms with Crippen LogP contribution >= 0.6 is 0 Å². The fourth-order valence-electron chi connectivity index (χ4n) is 3.74. The molecule has 9 heteroatoms. The molecule has 0 bridgehead atoms. The minimum atomic E-state index is -3.75. The molecule has 3 aromatic heterocycles. The van der Waals surface area contributed by atoms with E-state index in [-0.39, 0.29) is 4.90 Å². The lowest BCUT2D eigenvalue weighted by Crippen LogP contribution is -2.14. The third-order valence-corrected chi connectivity index (χ3v) is 7.02. The Bertz CT molecular complexity index is 1640. The molecule has 34 heavy (non-hydrogen) atoms. The molecule has 0 fully saturated rings. The molecule has 0 atom stereocenters. The molecule has 0 amide bonds. The summed E-state index contributed by atoms with van der Waals surface area (Å²) < 4.78 is 30.4. The maximum atomic E-state index is 13.0. The minimum absolute atomic E-state index is 0.252. The van der Waals surface area contributed by atoms with Crippen LogP contribution in [0.2, 0.25) is 0 Å². The first-order chi connectivity index (χ1) is 16.3. The largest absolute Gasteiger partial charge is 0.278 e. The van der Waals surface area contributed by atoms with E-state index in [0.717, 1.165) is 39.0 Å². The summed E-state index contributed by atoms with van der Waals surface area (Å²) in [5, 5.41) is 4.19. The van der Waals surface area contributed by atoms with Crippen LogP contribution in [0.15, 0.2) is 78.3 Å². The summed E-state index contributed by atoms with van der Waals surface area (Å²) in [4.78, 5) is 13.8. The van der Waals surface area contributed by atoms with Gasteiger partial charge in [-0.3, -0.25) is 19.4 Å². The van der Waals surface area contributed by atoms with Crippen LogP contribution in [0.3, 0.4) is 0 Å². The second-order valence-electron chi connectivity index (χ2n) is 8.20. The van der Waals surface area contributed by atoms with Crippen LogP contribution in [0.4, 0.5) is 5.69 Å². The van der Waals surface area contributed by atoms with Crippen molar-refractivity contribution in [3.63, 3.8) is 0 Å². The van der Waals surface area contributed by atoms with Crippen molar-refractivity contribution in [2.45, 2.75) is 18.7 Å². The number of hydrogen-bond donors (Lipinski definition) is 1. The normalized spacial score (nSPS) is 11.6. The zero-order valence-corrected chi connectivity index (χ0v) is 19.7. The van der Waals surface area contributed by atoms with Crippen molar-refractivity contribution in [2.75, 3.05) is 4.72 Å². The minimum Gasteiger partial charge on any atom is -0.278 e. The number of pyridine rings is 1. The third-order valence-electron chi connectivity index (χ3n) is 5.50. The Morgan fingerprint density at radius 3 is 2.50 bits per heavy atom. The molecule has 0 aliphatic heterocycles. The first-order valence-electron chi connectivity index (χ1n) is 10.6. The first kappa shape index (κ1) is 21.7. The number of anilines is 1. The van der Waals surface area contributed by atoms with Gasteiger partial charge in [0.05, 0.1) is 45.9 Å². The number of nitrogens with zero attached hydrogens (tertiary/aromatic N) is 5. The standard InChI is InChI=1S/C25H22N6O2S/c1-16-4-5-17(2)25(8-16)34(32,33)30-21-9-19(11-26-13-21)18-6-7-22-23(10-18)29-24(14-27-22)20-12-28-31(3)15-20/h4-15,30H,1-3H3. The molecule has 0 saturated carbocycles. The summed E-state index contributed by atoms with van der Waals surface area (Å²) in [6.45, 7) is 3.64. The Hall–Kier alpha value is -4.11. The van der Waals surface area contributed by atoms with Gasteiger partial charge in [0, 0.05) is 30.6 Å². The lowest BCUT2D eigenvalue weighted by Gasteiger charge is -2.12. The van der Waals surface area contributed by atoms with Gasteiger partial charge in [0.1, 0.15) is 0 Å². The van der Waals surface area contributed by atoms with E-state index in [2.05, 4.69) is 19.8 Å². The van der Waals surface area contributed by atoms with Crippen LogP contribution in [-0.2, 0) is 17.1 Å². The predicted molar refractivity (Wildman–Crippen MR) is 132 cm³/mol. The monoisotopic (exact) mass is 470 g/mol. The molecule has 2 aromatic carbocycles. The van der Waals surface area contributed by atoms with Crippen LogP contribution in [0, 0.1) is 13.8 Å². The topological polar surface area (TPSA) is 103 Å². The van der Waals surface area contributed by atoms with Crippen LogP contribution < -0.4 is 4.72 Å². The molecule has 170 valence electrons. The molecular weight excluding hydrogens is 448 g/mol. The molecular formula is C25H22N6O2S. The molecule has 1 N–H and O–H groups in total. The number of nitrogens with one attached hydrogen (secondary N) is 1. The molecule has 0 spiro atoms. The van der Waals surface area contributed by atoms with Gasteiger partial charge in [0.15, 0.2) is 0 Å². The van der Waals surface area contributed by atoms with Crippen LogP contribution in [-0.4, -0.2) is 33.2 Å². The Morgan fingerprint density at radius 1 is 0.853 bits per heavy atom. The highest BCUT2D eigenvalue weighted by Crippen LogP contribution is 2.27. The van der Waals surface area contributed by atoms with Crippen LogP contribution in [0.1, 0.15) is 11.1 Å². The molecule has 3 heterocycles. The highest BCUT2D eigenvalue weighted by Gasteiger charge is 2.18. The summed E-state index contributed by atoms with van der Waals surface area (Å²) in [7, 11) is -1.90. The van der Waals surface area contributed by atoms with Crippen molar-refractivity contribution in [1.82, 2.24) is 24.7 Å². The molecule has 0 radical (unpaired) electrons. The van der Waals surface area contributed by atoms with E-state index >= 15 is 0 Å². The van der Waals surface area contributed by atoms with Crippen molar-refractivity contribution in [3.8, 4) is 22.4 Å². The van der Waals surface area contributed by atoms with Gasteiger partial charge < -0.3 is 0 Å². The fraction of sp³-hybridized carbons (Fsp3) is 0.120. The van der Waals surface area contributed by atoms with Gasteiger partial charge in [0.2, 0.25) is 0 Å². The van der Waals surface area contributed by atoms with Crippen molar-refractivity contribution < 1.29 is 8.42 Å². The number of hydrogen-bond acceptors (Lipinski definition) is 6. The lowest BCUT2D eigenvalue weighted by atomic mass is 10.1. The van der Waals surface area contributed by atoms with E-state index in [4.69, 9.17) is 4.98 Å². The van der Waals surface area contributed by atoms with E-state index in [1.807, 2.05) is 44.4 Å². The van der Waals surface area contributed by atoms with E-state index in [1.165, 1.54) is 6.20 Å². The van der Waals surface area contributed by atoms with Gasteiger partial charge in [-0.2, -0.15) is 5.10 Å². The zero-order chi connectivity index (χ0) is 23.9. The number of fused-ring (bicyclic) bond motifs is 1. The summed E-state index contributed by atoms with van der Waals surface area (Å²) in [5.41, 5.74) is 6.64. The highest BCUT2D eigenvalue weighted by atomic mass is 32.2. The average Bonchev–Trinajstić information content (AvgIpc) is 3.26. The average molecular weight is 471 g/mol. The predicted octanol–water partition coefficient (Wildman–Crippen LogP) is 4.51. The van der Waals surface area contributed by atoms with Crippen molar-refractivity contribution >= 4 is 26.7 Å². The van der Waals surface area contributed by atoms with Gasteiger partial charge in [-0.25, -0.2) is 13.4 Å². The Kier molecular flexibility index (Phi) is 5.33. The number of rotatable bonds is 5. The van der Waals surface area contributed by atoms with E-state index in [1.54, 1.807) is 48.4 Å². The van der Waals surface area contributed by atoms with Gasteiger partial charge in [-0.15, -0.1) is 0 Å². The summed E-state index contributed by atoms with van der Waals surface area (Å²) >= 11 is 0. The Morgan fingerprint density at radius 2 is 1.71 bits per heavy atom. The molecule has 5 rings (SSSR count). The fourth-order valence-corrected chi connectivity index (χ4v) is 5.11. The van der Waals surface area contributed by atoms with E-state index in [0.29, 0.717) is 11.3 Å². The van der Waals surface area contributed by atoms with Crippen molar-refractivity contribution in [3.05, 3.63) is 84.6 Å². The van der Waals surface area contributed by atoms with Gasteiger partial charge in [-0.05, 0) is 54.8 Å². The van der Waals surface area contributed by atoms with Gasteiger partial charge in [0.25, 0.3) is 10.0 Å². The highest BCUT2D eigenvalue weighted by molar-refractivity contribution is 7.92. The van der Waals surface area contributed by atoms with Crippen molar-refractivity contribution in [2.24, 2.45) is 7.05 Å². The van der Waals surface area contributed by atoms with Crippen LogP contribution in [0.5, 0.6) is 0 Å². The number of sulfonamides is 1. The number of benzene rings is 2. The zero-order valence-electron chi connectivity index (χ0n) is 18.9. The van der Waals surface area contributed by atoms with Gasteiger partial charge in [-0.1, -0.05) is 18.2 Å². The van der Waals surface area contributed by atoms with Crippen LogP contribution in [0.25, 0.3) is 33.4 Å². The molecule has 0 aliphatic carbocycles. The maximum absolute atomic E-state index is 13.0. The molecule has 0 saturated heterocycles. The SMILES string of the molecule is Cc1ccc(C)c(S(=O)(=O)Nc2cncc(-c3ccc4ncc(-c5cnn(C)c5)nc4c3)c2)c1. The van der Waals surface area contributed by atoms with E-state index < -0.39 is 10.0 Å². The molecule has 0 unspecified atom stereocenters. The van der Waals surface area contributed by atoms with Crippen molar-refractivity contribution in [1.29, 1.82) is 0 Å². The molecule has 8 nitrogen and oxygen atoms in total. The Labute approximate surface area is 197 Å². The third kappa shape index (κ3) is 4.25. The maximum Gasteiger partial charge on any atom is 0.262 e. The molecule has 0 aliphatic rings. The number of aromatic nitrogens is 5. The number of aryl methyl sites for hydroxylation is 3. The molecule has 5 aromatic rings. The second-order valence-corrected chi connectivity index (χ2v) is 9.85. The van der Waals surface area contributed by atoms with E-state index in [9.17, 15) is 8.42 Å². The summed E-state index contributed by atoms with van der Waals surface area (Å²) in [6, 6.07) is 12.8. The summed E-state index contributed by atoms with van der Waals surface area (Å²) in [6.07, 6.45) is 8.54. The quantitative estimate of drug-likeness (QED) is 0.405. The smallest absolute Gasteiger partial charge is 0.262 e. The summed E-state index contributed by atoms with van der Waals surface area (Å²) in [5.74, 6) is 0. The Balaban J connectivity index is 1.49. The second kappa shape index (κ2) is 8.35. The lowest BCUT2D eigenvalue weighted by molar-refractivity contribution is 0.600. The first-order valence-corrected chi connectivity index (χ1v) is 12.1. The van der Waals surface area contributed by atoms with Gasteiger partial charge >= 0.3 is 0 Å².